The molecule has 0 radical (unpaired) electrons. The Morgan fingerprint density at radius 2 is 1.75 bits per heavy atom. The number of rotatable bonds is 4. The minimum atomic E-state index is -0.293. The van der Waals surface area contributed by atoms with Crippen LogP contribution >= 0.6 is 0 Å². The second kappa shape index (κ2) is 4.91. The van der Waals surface area contributed by atoms with Crippen molar-refractivity contribution in [1.29, 1.82) is 0 Å². The average molecular weight is 172 g/mol. The Morgan fingerprint density at radius 3 is 2.08 bits per heavy atom. The van der Waals surface area contributed by atoms with Crippen LogP contribution in [0.5, 0.6) is 0 Å². The molecule has 0 aliphatic rings. The highest BCUT2D eigenvalue weighted by atomic mass is 16.5. The lowest BCUT2D eigenvalue weighted by Crippen LogP contribution is -2.18. The summed E-state index contributed by atoms with van der Waals surface area (Å²) in [6.07, 6.45) is 0.441. The summed E-state index contributed by atoms with van der Waals surface area (Å²) in [6.45, 7) is 6.54. The van der Waals surface area contributed by atoms with Crippen LogP contribution in [0.25, 0.3) is 0 Å². The highest BCUT2D eigenvalue weighted by Crippen LogP contribution is 2.09. The third-order valence-electron chi connectivity index (χ3n) is 1.75. The zero-order valence-corrected chi connectivity index (χ0v) is 8.09. The van der Waals surface area contributed by atoms with Gasteiger partial charge in [0.05, 0.1) is 6.10 Å². The maximum Gasteiger partial charge on any atom is 0.302 e. The largest absolute Gasteiger partial charge is 0.463 e. The smallest absolute Gasteiger partial charge is 0.302 e. The molecule has 0 rings (SSSR count). The molecule has 3 heteroatoms. The number of ether oxygens (including phenoxy) is 1. The summed E-state index contributed by atoms with van der Waals surface area (Å²) in [7, 11) is 0. The van der Waals surface area contributed by atoms with Crippen LogP contribution < -0.4 is 0 Å². The van der Waals surface area contributed by atoms with Crippen molar-refractivity contribution in [3.63, 3.8) is 0 Å². The van der Waals surface area contributed by atoms with Gasteiger partial charge in [0.25, 0.3) is 0 Å². The van der Waals surface area contributed by atoms with Crippen LogP contribution in [0.3, 0.4) is 0 Å². The summed E-state index contributed by atoms with van der Waals surface area (Å²) >= 11 is 0. The quantitative estimate of drug-likeness (QED) is 0.604. The number of ketones is 1. The van der Waals surface area contributed by atoms with E-state index >= 15 is 0 Å². The fraction of sp³-hybridized carbons (Fsp3) is 0.778. The van der Waals surface area contributed by atoms with Gasteiger partial charge in [-0.1, -0.05) is 6.92 Å². The Morgan fingerprint density at radius 1 is 1.25 bits per heavy atom. The molecular weight excluding hydrogens is 156 g/mol. The van der Waals surface area contributed by atoms with Crippen molar-refractivity contribution < 1.29 is 14.3 Å². The molecule has 3 nitrogen and oxygen atoms in total. The van der Waals surface area contributed by atoms with Gasteiger partial charge in [0, 0.05) is 12.8 Å². The molecular formula is C9H16O3. The van der Waals surface area contributed by atoms with E-state index in [9.17, 15) is 9.59 Å². The van der Waals surface area contributed by atoms with Gasteiger partial charge in [-0.05, 0) is 20.3 Å². The van der Waals surface area contributed by atoms with E-state index in [4.69, 9.17) is 4.74 Å². The molecule has 0 saturated carbocycles. The van der Waals surface area contributed by atoms with Gasteiger partial charge in [0.15, 0.2) is 0 Å². The highest BCUT2D eigenvalue weighted by molar-refractivity contribution is 5.77. The lowest BCUT2D eigenvalue weighted by atomic mass is 10.0. The van der Waals surface area contributed by atoms with Crippen LogP contribution in [0, 0.1) is 5.92 Å². The van der Waals surface area contributed by atoms with E-state index in [1.165, 1.54) is 6.92 Å². The van der Waals surface area contributed by atoms with Crippen molar-refractivity contribution in [1.82, 2.24) is 0 Å². The van der Waals surface area contributed by atoms with E-state index in [1.807, 2.05) is 6.92 Å². The number of carbonyl (C=O) groups excluding carboxylic acids is 2. The molecule has 0 aliphatic heterocycles. The monoisotopic (exact) mass is 172 g/mol. The van der Waals surface area contributed by atoms with Crippen LogP contribution in [0.1, 0.15) is 34.1 Å². The summed E-state index contributed by atoms with van der Waals surface area (Å²) in [6, 6.07) is 0. The van der Waals surface area contributed by atoms with E-state index in [0.29, 0.717) is 6.42 Å². The standard InChI is InChI=1S/C9H16O3/c1-6(8(3)10)5-7(2)12-9(4)11/h6-7H,5H2,1-4H3/t6-,7+/m0/s1. The van der Waals surface area contributed by atoms with Crippen molar-refractivity contribution in [3.05, 3.63) is 0 Å². The van der Waals surface area contributed by atoms with Crippen molar-refractivity contribution in [3.8, 4) is 0 Å². The topological polar surface area (TPSA) is 43.4 Å². The van der Waals surface area contributed by atoms with Gasteiger partial charge >= 0.3 is 5.97 Å². The van der Waals surface area contributed by atoms with Gasteiger partial charge in [0.2, 0.25) is 0 Å². The number of hydrogen-bond acceptors (Lipinski definition) is 3. The minimum absolute atomic E-state index is 0.0284. The Hall–Kier alpha value is -0.860. The summed E-state index contributed by atoms with van der Waals surface area (Å²) in [5, 5.41) is 0. The second-order valence-electron chi connectivity index (χ2n) is 3.17. The first-order chi connectivity index (χ1) is 5.43. The van der Waals surface area contributed by atoms with Crippen LogP contribution in [0.2, 0.25) is 0 Å². The molecule has 0 aromatic heterocycles. The zero-order valence-electron chi connectivity index (χ0n) is 8.09. The van der Waals surface area contributed by atoms with Crippen LogP contribution in [-0.4, -0.2) is 17.9 Å². The lowest BCUT2D eigenvalue weighted by molar-refractivity contribution is -0.146. The first-order valence-electron chi connectivity index (χ1n) is 4.11. The number of carbonyl (C=O) groups is 2. The van der Waals surface area contributed by atoms with Gasteiger partial charge in [-0.3, -0.25) is 9.59 Å². The Balaban J connectivity index is 3.76. The molecule has 0 unspecified atom stereocenters. The lowest BCUT2D eigenvalue weighted by Gasteiger charge is -2.14. The molecule has 0 bridgehead atoms. The molecule has 0 spiro atoms. The second-order valence-corrected chi connectivity index (χ2v) is 3.17. The van der Waals surface area contributed by atoms with Gasteiger partial charge in [-0.15, -0.1) is 0 Å². The highest BCUT2D eigenvalue weighted by Gasteiger charge is 2.13. The van der Waals surface area contributed by atoms with Crippen molar-refractivity contribution in [2.24, 2.45) is 5.92 Å². The predicted molar refractivity (Wildman–Crippen MR) is 45.7 cm³/mol. The molecule has 0 aliphatic carbocycles. The summed E-state index contributed by atoms with van der Waals surface area (Å²) in [5.41, 5.74) is 0. The van der Waals surface area contributed by atoms with Crippen molar-refractivity contribution in [2.45, 2.75) is 40.2 Å². The minimum Gasteiger partial charge on any atom is -0.463 e. The van der Waals surface area contributed by atoms with Crippen molar-refractivity contribution in [2.75, 3.05) is 0 Å². The average Bonchev–Trinajstić information content (AvgIpc) is 1.84. The molecule has 0 saturated heterocycles. The van der Waals surface area contributed by atoms with Gasteiger partial charge in [0.1, 0.15) is 5.78 Å². The van der Waals surface area contributed by atoms with Crippen LogP contribution in [0.4, 0.5) is 0 Å². The van der Waals surface area contributed by atoms with Crippen LogP contribution in [-0.2, 0) is 14.3 Å². The third-order valence-corrected chi connectivity index (χ3v) is 1.75. The molecule has 0 aromatic rings. The summed E-state index contributed by atoms with van der Waals surface area (Å²) in [5.74, 6) is -0.188. The van der Waals surface area contributed by atoms with E-state index < -0.39 is 0 Å². The Kier molecular flexibility index (Phi) is 4.55. The first kappa shape index (κ1) is 11.1. The maximum atomic E-state index is 10.8. The molecule has 0 fully saturated rings. The molecule has 12 heavy (non-hydrogen) atoms. The zero-order chi connectivity index (χ0) is 9.72. The third kappa shape index (κ3) is 4.88. The van der Waals surface area contributed by atoms with Gasteiger partial charge < -0.3 is 4.74 Å². The van der Waals surface area contributed by atoms with E-state index in [2.05, 4.69) is 0 Å². The number of Topliss-reactive ketones (excluding diaryl/α,β-unsaturated/α-hetero) is 1. The van der Waals surface area contributed by atoms with E-state index in [0.717, 1.165) is 0 Å². The van der Waals surface area contributed by atoms with Crippen LogP contribution in [0.15, 0.2) is 0 Å². The Labute approximate surface area is 73.1 Å². The number of esters is 1. The van der Waals surface area contributed by atoms with Gasteiger partial charge in [-0.25, -0.2) is 0 Å². The van der Waals surface area contributed by atoms with Crippen molar-refractivity contribution >= 4 is 11.8 Å². The normalized spacial score (nSPS) is 15.0. The predicted octanol–water partition coefficient (Wildman–Crippen LogP) is 1.55. The molecule has 0 amide bonds. The van der Waals surface area contributed by atoms with E-state index in [1.54, 1.807) is 13.8 Å². The summed E-state index contributed by atoms with van der Waals surface area (Å²) < 4.78 is 4.88. The fourth-order valence-electron chi connectivity index (χ4n) is 0.995. The molecule has 0 heterocycles. The SMILES string of the molecule is CC(=O)O[C@H](C)C[C@H](C)C(C)=O. The fourth-order valence-corrected chi connectivity index (χ4v) is 0.995. The molecule has 0 aromatic carbocycles. The Bertz CT molecular complexity index is 175. The molecule has 0 N–H and O–H groups in total. The maximum absolute atomic E-state index is 10.8. The molecule has 2 atom stereocenters. The number of hydrogen-bond donors (Lipinski definition) is 0. The molecule has 70 valence electrons. The summed E-state index contributed by atoms with van der Waals surface area (Å²) in [4.78, 5) is 21.3. The van der Waals surface area contributed by atoms with Gasteiger partial charge in [-0.2, -0.15) is 0 Å². The first-order valence-corrected chi connectivity index (χ1v) is 4.11. The van der Waals surface area contributed by atoms with E-state index in [-0.39, 0.29) is 23.8 Å².